The molecular formula is C19H31N3O2. The Morgan fingerprint density at radius 3 is 2.67 bits per heavy atom. The van der Waals surface area contributed by atoms with Gasteiger partial charge in [-0.25, -0.2) is 0 Å². The van der Waals surface area contributed by atoms with Gasteiger partial charge in [-0.2, -0.15) is 0 Å². The van der Waals surface area contributed by atoms with Crippen molar-refractivity contribution < 1.29 is 9.21 Å². The lowest BCUT2D eigenvalue weighted by Gasteiger charge is -2.36. The summed E-state index contributed by atoms with van der Waals surface area (Å²) < 4.78 is 5.41. The highest BCUT2D eigenvalue weighted by Gasteiger charge is 2.28. The average Bonchev–Trinajstić information content (AvgIpc) is 3.07. The minimum absolute atomic E-state index is 0.195. The zero-order valence-corrected chi connectivity index (χ0v) is 15.0. The Balaban J connectivity index is 1.38. The van der Waals surface area contributed by atoms with Crippen LogP contribution < -0.4 is 5.32 Å². The molecule has 2 aliphatic rings. The molecule has 2 fully saturated rings. The molecule has 134 valence electrons. The smallest absolute Gasteiger partial charge is 0.234 e. The summed E-state index contributed by atoms with van der Waals surface area (Å²) in [6.45, 7) is 9.87. The summed E-state index contributed by atoms with van der Waals surface area (Å²) in [4.78, 5) is 17.0. The monoisotopic (exact) mass is 333 g/mol. The van der Waals surface area contributed by atoms with Gasteiger partial charge in [0.2, 0.25) is 5.91 Å². The van der Waals surface area contributed by atoms with Gasteiger partial charge in [-0.3, -0.25) is 14.6 Å². The summed E-state index contributed by atoms with van der Waals surface area (Å²) in [5, 5.41) is 3.28. The molecule has 0 spiro atoms. The molecule has 3 atom stereocenters. The average molecular weight is 333 g/mol. The zero-order chi connectivity index (χ0) is 16.9. The Morgan fingerprint density at radius 2 is 1.96 bits per heavy atom. The SMILES string of the molecule is C[C@H]1[C@H](C)CCC[C@H]1NC(=O)CN1CCN(Cc2ccco2)CC1. The fourth-order valence-corrected chi connectivity index (χ4v) is 3.97. The highest BCUT2D eigenvalue weighted by atomic mass is 16.3. The second-order valence-corrected chi connectivity index (χ2v) is 7.57. The fourth-order valence-electron chi connectivity index (χ4n) is 3.97. The van der Waals surface area contributed by atoms with E-state index in [1.807, 2.05) is 12.1 Å². The van der Waals surface area contributed by atoms with Crippen molar-refractivity contribution >= 4 is 5.91 Å². The number of carbonyl (C=O) groups is 1. The van der Waals surface area contributed by atoms with Crippen LogP contribution in [0.2, 0.25) is 0 Å². The van der Waals surface area contributed by atoms with Crippen LogP contribution in [-0.4, -0.2) is 54.5 Å². The summed E-state index contributed by atoms with van der Waals surface area (Å²) in [6.07, 6.45) is 5.39. The molecule has 1 saturated carbocycles. The molecule has 1 aliphatic heterocycles. The third-order valence-electron chi connectivity index (χ3n) is 5.84. The standard InChI is InChI=1S/C19H31N3O2/c1-15-5-3-7-18(16(15)2)20-19(23)14-22-10-8-21(9-11-22)13-17-6-4-12-24-17/h4,6,12,15-16,18H,3,5,7-11,13-14H2,1-2H3,(H,20,23)/t15-,16+,18-/m1/s1. The molecule has 2 heterocycles. The van der Waals surface area contributed by atoms with Gasteiger partial charge in [0.15, 0.2) is 0 Å². The minimum Gasteiger partial charge on any atom is -0.468 e. The van der Waals surface area contributed by atoms with Crippen molar-refractivity contribution in [3.8, 4) is 0 Å². The molecule has 0 radical (unpaired) electrons. The van der Waals surface area contributed by atoms with Crippen molar-refractivity contribution in [2.75, 3.05) is 32.7 Å². The van der Waals surface area contributed by atoms with Crippen LogP contribution in [0.25, 0.3) is 0 Å². The molecule has 1 saturated heterocycles. The molecular weight excluding hydrogens is 302 g/mol. The number of hydrogen-bond acceptors (Lipinski definition) is 4. The predicted molar refractivity (Wildman–Crippen MR) is 94.5 cm³/mol. The van der Waals surface area contributed by atoms with Crippen LogP contribution in [-0.2, 0) is 11.3 Å². The molecule has 5 nitrogen and oxygen atoms in total. The molecule has 3 rings (SSSR count). The van der Waals surface area contributed by atoms with Crippen molar-refractivity contribution in [3.63, 3.8) is 0 Å². The Kier molecular flexibility index (Phi) is 5.95. The number of rotatable bonds is 5. The lowest BCUT2D eigenvalue weighted by molar-refractivity contribution is -0.124. The molecule has 1 amide bonds. The number of piperazine rings is 1. The first kappa shape index (κ1) is 17.5. The number of amides is 1. The fraction of sp³-hybridized carbons (Fsp3) is 0.737. The summed E-state index contributed by atoms with van der Waals surface area (Å²) in [5.41, 5.74) is 0. The maximum absolute atomic E-state index is 12.4. The van der Waals surface area contributed by atoms with Crippen LogP contribution in [0.5, 0.6) is 0 Å². The summed E-state index contributed by atoms with van der Waals surface area (Å²) in [7, 11) is 0. The lowest BCUT2D eigenvalue weighted by Crippen LogP contribution is -2.51. The van der Waals surface area contributed by atoms with Crippen LogP contribution in [0.4, 0.5) is 0 Å². The number of nitrogens with one attached hydrogen (secondary N) is 1. The maximum Gasteiger partial charge on any atom is 0.234 e. The van der Waals surface area contributed by atoms with E-state index >= 15 is 0 Å². The Hall–Kier alpha value is -1.33. The van der Waals surface area contributed by atoms with Crippen molar-refractivity contribution in [1.29, 1.82) is 0 Å². The quantitative estimate of drug-likeness (QED) is 0.898. The summed E-state index contributed by atoms with van der Waals surface area (Å²) >= 11 is 0. The van der Waals surface area contributed by atoms with Crippen molar-refractivity contribution in [1.82, 2.24) is 15.1 Å². The summed E-state index contributed by atoms with van der Waals surface area (Å²) in [5.74, 6) is 2.52. The number of furan rings is 1. The lowest BCUT2D eigenvalue weighted by atomic mass is 9.78. The molecule has 0 unspecified atom stereocenters. The topological polar surface area (TPSA) is 48.7 Å². The highest BCUT2D eigenvalue weighted by molar-refractivity contribution is 5.78. The normalized spacial score (nSPS) is 29.5. The van der Waals surface area contributed by atoms with Crippen LogP contribution in [0.15, 0.2) is 22.8 Å². The molecule has 0 aromatic carbocycles. The van der Waals surface area contributed by atoms with E-state index in [1.165, 1.54) is 12.8 Å². The zero-order valence-electron chi connectivity index (χ0n) is 15.0. The van der Waals surface area contributed by atoms with E-state index in [-0.39, 0.29) is 5.91 Å². The van der Waals surface area contributed by atoms with Crippen molar-refractivity contribution in [2.45, 2.75) is 45.7 Å². The number of carbonyl (C=O) groups excluding carboxylic acids is 1. The van der Waals surface area contributed by atoms with Gasteiger partial charge in [-0.1, -0.05) is 26.7 Å². The number of nitrogens with zero attached hydrogens (tertiary/aromatic N) is 2. The van der Waals surface area contributed by atoms with E-state index in [0.717, 1.165) is 44.9 Å². The van der Waals surface area contributed by atoms with Crippen molar-refractivity contribution in [3.05, 3.63) is 24.2 Å². The Labute approximate surface area is 145 Å². The molecule has 1 N–H and O–H groups in total. The van der Waals surface area contributed by atoms with Crippen LogP contribution in [0, 0.1) is 11.8 Å². The van der Waals surface area contributed by atoms with Gasteiger partial charge in [0.05, 0.1) is 19.4 Å². The maximum atomic E-state index is 12.4. The number of hydrogen-bond donors (Lipinski definition) is 1. The first-order chi connectivity index (χ1) is 11.6. The molecule has 1 aromatic heterocycles. The first-order valence-corrected chi connectivity index (χ1v) is 9.38. The molecule has 0 bridgehead atoms. The Bertz CT molecular complexity index is 509. The van der Waals surface area contributed by atoms with E-state index in [1.54, 1.807) is 6.26 Å². The van der Waals surface area contributed by atoms with Crippen LogP contribution in [0.1, 0.15) is 38.9 Å². The van der Waals surface area contributed by atoms with E-state index in [4.69, 9.17) is 4.42 Å². The predicted octanol–water partition coefficient (Wildman–Crippen LogP) is 2.34. The summed E-state index contributed by atoms with van der Waals surface area (Å²) in [6, 6.07) is 4.32. The third-order valence-corrected chi connectivity index (χ3v) is 5.84. The van der Waals surface area contributed by atoms with Gasteiger partial charge >= 0.3 is 0 Å². The highest BCUT2D eigenvalue weighted by Crippen LogP contribution is 2.29. The molecule has 1 aliphatic carbocycles. The molecule has 1 aromatic rings. The van der Waals surface area contributed by atoms with Gasteiger partial charge in [0.1, 0.15) is 5.76 Å². The molecule has 24 heavy (non-hydrogen) atoms. The van der Waals surface area contributed by atoms with E-state index < -0.39 is 0 Å². The van der Waals surface area contributed by atoms with Gasteiger partial charge in [-0.15, -0.1) is 0 Å². The second-order valence-electron chi connectivity index (χ2n) is 7.57. The second kappa shape index (κ2) is 8.17. The van der Waals surface area contributed by atoms with Gasteiger partial charge in [0, 0.05) is 32.2 Å². The van der Waals surface area contributed by atoms with E-state index in [9.17, 15) is 4.79 Å². The Morgan fingerprint density at radius 1 is 1.21 bits per heavy atom. The van der Waals surface area contributed by atoms with E-state index in [2.05, 4.69) is 29.0 Å². The van der Waals surface area contributed by atoms with Crippen molar-refractivity contribution in [2.24, 2.45) is 11.8 Å². The first-order valence-electron chi connectivity index (χ1n) is 9.38. The largest absolute Gasteiger partial charge is 0.468 e. The third kappa shape index (κ3) is 4.61. The molecule has 5 heteroatoms. The van der Waals surface area contributed by atoms with Gasteiger partial charge in [-0.05, 0) is 30.4 Å². The minimum atomic E-state index is 0.195. The van der Waals surface area contributed by atoms with Crippen LogP contribution >= 0.6 is 0 Å². The van der Waals surface area contributed by atoms with Crippen LogP contribution in [0.3, 0.4) is 0 Å². The van der Waals surface area contributed by atoms with E-state index in [0.29, 0.717) is 24.4 Å². The van der Waals surface area contributed by atoms with Gasteiger partial charge < -0.3 is 9.73 Å². The van der Waals surface area contributed by atoms with Gasteiger partial charge in [0.25, 0.3) is 0 Å².